The molecule has 7 nitrogen and oxygen atoms in total. The van der Waals surface area contributed by atoms with Crippen molar-refractivity contribution in [3.63, 3.8) is 0 Å². The molecule has 2 aliphatic rings. The van der Waals surface area contributed by atoms with Crippen LogP contribution >= 0.6 is 0 Å². The van der Waals surface area contributed by atoms with Crippen molar-refractivity contribution in [2.45, 2.75) is 31.8 Å². The summed E-state index contributed by atoms with van der Waals surface area (Å²) < 4.78 is 11.4. The molecule has 0 radical (unpaired) electrons. The number of hydrogen-bond acceptors (Lipinski definition) is 6. The van der Waals surface area contributed by atoms with Gasteiger partial charge in [-0.15, -0.1) is 0 Å². The van der Waals surface area contributed by atoms with Crippen LogP contribution in [-0.2, 0) is 14.3 Å². The monoisotopic (exact) mass is 358 g/mol. The average Bonchev–Trinajstić information content (AvgIpc) is 2.69. The lowest BCUT2D eigenvalue weighted by Crippen LogP contribution is -2.58. The summed E-state index contributed by atoms with van der Waals surface area (Å²) in [5.74, 6) is 1.04. The maximum Gasteiger partial charge on any atom is 0.225 e. The molecular formula is C19H26N4O3. The molecule has 3 heterocycles. The fourth-order valence-electron chi connectivity index (χ4n) is 3.60. The van der Waals surface area contributed by atoms with Gasteiger partial charge < -0.3 is 19.3 Å². The summed E-state index contributed by atoms with van der Waals surface area (Å²) in [7, 11) is 0. The van der Waals surface area contributed by atoms with Gasteiger partial charge in [-0.3, -0.25) is 4.79 Å². The minimum absolute atomic E-state index is 0.150. The molecule has 0 unspecified atom stereocenters. The minimum Gasteiger partial charge on any atom is -0.381 e. The summed E-state index contributed by atoms with van der Waals surface area (Å²) in [6, 6.07) is 5.77. The number of nitriles is 1. The van der Waals surface area contributed by atoms with Crippen molar-refractivity contribution in [2.75, 3.05) is 50.9 Å². The predicted molar refractivity (Wildman–Crippen MR) is 96.8 cm³/mol. The van der Waals surface area contributed by atoms with Crippen LogP contribution in [0.25, 0.3) is 0 Å². The smallest absolute Gasteiger partial charge is 0.225 e. The van der Waals surface area contributed by atoms with Gasteiger partial charge in [0, 0.05) is 39.0 Å². The van der Waals surface area contributed by atoms with E-state index in [0.717, 1.165) is 31.7 Å². The molecule has 3 rings (SSSR count). The molecule has 0 aromatic carbocycles. The summed E-state index contributed by atoms with van der Waals surface area (Å²) in [6.45, 7) is 6.64. The van der Waals surface area contributed by atoms with Gasteiger partial charge in [-0.1, -0.05) is 0 Å². The fourth-order valence-corrected chi connectivity index (χ4v) is 3.60. The van der Waals surface area contributed by atoms with Gasteiger partial charge in [0.05, 0.1) is 30.8 Å². The van der Waals surface area contributed by atoms with E-state index in [1.165, 1.54) is 0 Å². The first-order chi connectivity index (χ1) is 12.7. The summed E-state index contributed by atoms with van der Waals surface area (Å²) in [5.41, 5.74) is 0.321. The molecule has 0 bridgehead atoms. The van der Waals surface area contributed by atoms with Crippen LogP contribution in [-0.4, -0.2) is 67.4 Å². The molecule has 0 N–H and O–H groups in total. The van der Waals surface area contributed by atoms with Crippen LogP contribution in [0.1, 0.15) is 31.7 Å². The van der Waals surface area contributed by atoms with E-state index < -0.39 is 0 Å². The third kappa shape index (κ3) is 4.32. The first kappa shape index (κ1) is 18.6. The number of aromatic nitrogens is 1. The molecule has 140 valence electrons. The summed E-state index contributed by atoms with van der Waals surface area (Å²) >= 11 is 0. The number of pyridine rings is 1. The van der Waals surface area contributed by atoms with Crippen molar-refractivity contribution < 1.29 is 14.3 Å². The summed E-state index contributed by atoms with van der Waals surface area (Å²) in [5, 5.41) is 8.88. The van der Waals surface area contributed by atoms with Crippen molar-refractivity contribution in [1.29, 1.82) is 5.26 Å². The maximum atomic E-state index is 12.4. The molecule has 1 aromatic heterocycles. The molecule has 7 heteroatoms. The lowest BCUT2D eigenvalue weighted by Gasteiger charge is -2.47. The van der Waals surface area contributed by atoms with Gasteiger partial charge in [0.1, 0.15) is 11.9 Å². The third-order valence-electron chi connectivity index (χ3n) is 5.14. The Morgan fingerprint density at radius 1 is 1.38 bits per heavy atom. The zero-order chi connectivity index (χ0) is 18.4. The van der Waals surface area contributed by atoms with E-state index in [-0.39, 0.29) is 11.5 Å². The molecule has 1 amide bonds. The molecule has 0 saturated carbocycles. The fraction of sp³-hybridized carbons (Fsp3) is 0.632. The van der Waals surface area contributed by atoms with E-state index >= 15 is 0 Å². The van der Waals surface area contributed by atoms with Crippen LogP contribution in [0.2, 0.25) is 0 Å². The van der Waals surface area contributed by atoms with Crippen molar-refractivity contribution in [1.82, 2.24) is 9.88 Å². The third-order valence-corrected chi connectivity index (χ3v) is 5.14. The van der Waals surface area contributed by atoms with E-state index in [1.54, 1.807) is 12.3 Å². The van der Waals surface area contributed by atoms with Crippen molar-refractivity contribution in [3.05, 3.63) is 23.9 Å². The highest BCUT2D eigenvalue weighted by Gasteiger charge is 2.41. The Kier molecular flexibility index (Phi) is 6.07. The van der Waals surface area contributed by atoms with Crippen LogP contribution in [0.3, 0.4) is 0 Å². The van der Waals surface area contributed by atoms with E-state index in [0.29, 0.717) is 44.9 Å². The number of amides is 1. The average molecular weight is 358 g/mol. The quantitative estimate of drug-likeness (QED) is 0.744. The second-order valence-electron chi connectivity index (χ2n) is 6.80. The zero-order valence-electron chi connectivity index (χ0n) is 15.3. The number of anilines is 1. The van der Waals surface area contributed by atoms with Crippen molar-refractivity contribution in [2.24, 2.45) is 0 Å². The van der Waals surface area contributed by atoms with E-state index in [9.17, 15) is 4.79 Å². The second-order valence-corrected chi connectivity index (χ2v) is 6.80. The van der Waals surface area contributed by atoms with E-state index in [4.69, 9.17) is 14.7 Å². The summed E-state index contributed by atoms with van der Waals surface area (Å²) in [6.07, 6.45) is 3.77. The minimum atomic E-state index is -0.247. The van der Waals surface area contributed by atoms with Crippen molar-refractivity contribution >= 4 is 11.7 Å². The lowest BCUT2D eigenvalue weighted by atomic mass is 9.89. The highest BCUT2D eigenvalue weighted by atomic mass is 16.5. The molecule has 1 spiro atoms. The number of morpholine rings is 1. The van der Waals surface area contributed by atoms with Gasteiger partial charge in [-0.25, -0.2) is 4.98 Å². The highest BCUT2D eigenvalue weighted by molar-refractivity contribution is 5.76. The van der Waals surface area contributed by atoms with Gasteiger partial charge in [-0.2, -0.15) is 5.26 Å². The molecule has 2 saturated heterocycles. The number of nitrogens with zero attached hydrogens (tertiary/aromatic N) is 4. The van der Waals surface area contributed by atoms with Gasteiger partial charge >= 0.3 is 0 Å². The maximum absolute atomic E-state index is 12.4. The standard InChI is InChI=1S/C19H26N4O3/c1-2-25-11-5-18(24)23-10-12-26-19(15-23)6-8-22(9-7-19)17-4-3-16(13-20)14-21-17/h3-4,14H,2,5-12,15H2,1H3. The molecule has 2 aliphatic heterocycles. The van der Waals surface area contributed by atoms with Crippen LogP contribution in [0.15, 0.2) is 18.3 Å². The Labute approximate surface area is 154 Å². The van der Waals surface area contributed by atoms with Gasteiger partial charge in [0.25, 0.3) is 0 Å². The van der Waals surface area contributed by atoms with Crippen molar-refractivity contribution in [3.8, 4) is 6.07 Å². The number of piperidine rings is 1. The van der Waals surface area contributed by atoms with Crippen LogP contribution < -0.4 is 4.90 Å². The normalized spacial score (nSPS) is 19.4. The largest absolute Gasteiger partial charge is 0.381 e. The van der Waals surface area contributed by atoms with Crippen LogP contribution in [0.4, 0.5) is 5.82 Å². The van der Waals surface area contributed by atoms with Gasteiger partial charge in [0.2, 0.25) is 5.91 Å². The molecule has 26 heavy (non-hydrogen) atoms. The SMILES string of the molecule is CCOCCC(=O)N1CCOC2(CCN(c3ccc(C#N)cn3)CC2)C1. The van der Waals surface area contributed by atoms with Crippen LogP contribution in [0.5, 0.6) is 0 Å². The van der Waals surface area contributed by atoms with Gasteiger partial charge in [0.15, 0.2) is 0 Å². The number of ether oxygens (including phenoxy) is 2. The molecule has 1 aromatic rings. The Balaban J connectivity index is 1.55. The first-order valence-corrected chi connectivity index (χ1v) is 9.26. The molecular weight excluding hydrogens is 332 g/mol. The number of carbonyl (C=O) groups excluding carboxylic acids is 1. The molecule has 2 fully saturated rings. The highest BCUT2D eigenvalue weighted by Crippen LogP contribution is 2.32. The predicted octanol–water partition coefficient (Wildman–Crippen LogP) is 1.58. The van der Waals surface area contributed by atoms with Gasteiger partial charge in [-0.05, 0) is 31.9 Å². The first-order valence-electron chi connectivity index (χ1n) is 9.26. The number of rotatable bonds is 5. The van der Waals surface area contributed by atoms with E-state index in [2.05, 4.69) is 16.0 Å². The molecule has 0 atom stereocenters. The topological polar surface area (TPSA) is 78.7 Å². The summed E-state index contributed by atoms with van der Waals surface area (Å²) in [4.78, 5) is 20.9. The number of hydrogen-bond donors (Lipinski definition) is 0. The Bertz CT molecular complexity index is 648. The van der Waals surface area contributed by atoms with E-state index in [1.807, 2.05) is 17.9 Å². The second kappa shape index (κ2) is 8.47. The Morgan fingerprint density at radius 3 is 2.85 bits per heavy atom. The lowest BCUT2D eigenvalue weighted by molar-refractivity contribution is -0.155. The molecule has 0 aliphatic carbocycles. The zero-order valence-corrected chi connectivity index (χ0v) is 15.3. The Hall–Kier alpha value is -2.17. The Morgan fingerprint density at radius 2 is 2.19 bits per heavy atom. The van der Waals surface area contributed by atoms with Crippen LogP contribution in [0, 0.1) is 11.3 Å². The number of carbonyl (C=O) groups is 1.